The van der Waals surface area contributed by atoms with E-state index < -0.39 is 0 Å². The highest BCUT2D eigenvalue weighted by molar-refractivity contribution is 4.59. The van der Waals surface area contributed by atoms with Gasteiger partial charge in [0.25, 0.3) is 0 Å². The minimum absolute atomic E-state index is 0.899. The number of hydrogen-bond donors (Lipinski definition) is 0. The van der Waals surface area contributed by atoms with Crippen molar-refractivity contribution < 1.29 is 4.74 Å². The van der Waals surface area contributed by atoms with E-state index in [1.165, 1.54) is 19.3 Å². The Balaban J connectivity index is 2.75. The van der Waals surface area contributed by atoms with Crippen molar-refractivity contribution in [2.45, 2.75) is 40.0 Å². The molecule has 1 heteroatoms. The summed E-state index contributed by atoms with van der Waals surface area (Å²) >= 11 is 0. The zero-order chi connectivity index (χ0) is 7.11. The third kappa shape index (κ3) is 7.96. The van der Waals surface area contributed by atoms with Gasteiger partial charge in [0.1, 0.15) is 0 Å². The lowest BCUT2D eigenvalue weighted by Gasteiger charge is -2.04. The first-order chi connectivity index (χ1) is 4.27. The fourth-order valence-electron chi connectivity index (χ4n) is 0.628. The molecule has 0 heterocycles. The molecule has 55 valence electrons. The van der Waals surface area contributed by atoms with Crippen molar-refractivity contribution in [3.8, 4) is 0 Å². The van der Waals surface area contributed by atoms with E-state index in [0.717, 1.165) is 12.7 Å². The third-order valence-electron chi connectivity index (χ3n) is 1.14. The molecule has 1 nitrogen and oxygen atoms in total. The summed E-state index contributed by atoms with van der Waals surface area (Å²) in [6.07, 6.45) is 4.83. The molecule has 0 amide bonds. The molecule has 9 heavy (non-hydrogen) atoms. The van der Waals surface area contributed by atoms with E-state index in [9.17, 15) is 0 Å². The molecule has 0 aromatic heterocycles. The van der Waals surface area contributed by atoms with Crippen LogP contribution in [0.15, 0.2) is 0 Å². The summed E-state index contributed by atoms with van der Waals surface area (Å²) < 4.78 is 5.26. The van der Waals surface area contributed by atoms with E-state index in [1.54, 1.807) is 0 Å². The van der Waals surface area contributed by atoms with E-state index in [2.05, 4.69) is 6.92 Å². The Morgan fingerprint density at radius 1 is 1.22 bits per heavy atom. The van der Waals surface area contributed by atoms with Crippen LogP contribution in [-0.4, -0.2) is 6.61 Å². The lowest BCUT2D eigenvalue weighted by molar-refractivity contribution is 0.152. The van der Waals surface area contributed by atoms with E-state index in [-0.39, 0.29) is 0 Å². The molecule has 0 atom stereocenters. The highest BCUT2D eigenvalue weighted by Crippen LogP contribution is 2.00. The minimum Gasteiger partial charge on any atom is -0.373 e. The summed E-state index contributed by atoms with van der Waals surface area (Å²) in [5.41, 5.74) is 0. The molecule has 0 aliphatic heterocycles. The first-order valence-corrected chi connectivity index (χ1v) is 3.70. The molecular weight excluding hydrogens is 112 g/mol. The first kappa shape index (κ1) is 8.96. The predicted octanol–water partition coefficient (Wildman–Crippen LogP) is 2.76. The topological polar surface area (TPSA) is 9.23 Å². The standard InChI is InChI=1S/C8H17O/c1-4-5-6-7-9-8(2)3/h4-7H2,1-3H3. The van der Waals surface area contributed by atoms with Gasteiger partial charge in [-0.15, -0.1) is 0 Å². The van der Waals surface area contributed by atoms with Gasteiger partial charge in [-0.3, -0.25) is 0 Å². The Kier molecular flexibility index (Phi) is 6.06. The predicted molar refractivity (Wildman–Crippen MR) is 40.1 cm³/mol. The molecule has 0 rings (SSSR count). The van der Waals surface area contributed by atoms with Crippen LogP contribution in [0, 0.1) is 6.10 Å². The van der Waals surface area contributed by atoms with E-state index in [1.807, 2.05) is 13.8 Å². The molecule has 0 spiro atoms. The van der Waals surface area contributed by atoms with E-state index >= 15 is 0 Å². The zero-order valence-electron chi connectivity index (χ0n) is 6.74. The van der Waals surface area contributed by atoms with Crippen molar-refractivity contribution in [2.24, 2.45) is 0 Å². The van der Waals surface area contributed by atoms with Crippen LogP contribution >= 0.6 is 0 Å². The van der Waals surface area contributed by atoms with Gasteiger partial charge in [-0.1, -0.05) is 19.8 Å². The molecule has 0 unspecified atom stereocenters. The fraction of sp³-hybridized carbons (Fsp3) is 0.875. The molecule has 0 bridgehead atoms. The van der Waals surface area contributed by atoms with E-state index in [4.69, 9.17) is 4.74 Å². The molecule has 1 radical (unpaired) electrons. The van der Waals surface area contributed by atoms with Gasteiger partial charge in [-0.2, -0.15) is 0 Å². The van der Waals surface area contributed by atoms with Gasteiger partial charge < -0.3 is 4.74 Å². The molecule has 0 aromatic rings. The first-order valence-electron chi connectivity index (χ1n) is 3.70. The van der Waals surface area contributed by atoms with Crippen molar-refractivity contribution in [1.29, 1.82) is 0 Å². The van der Waals surface area contributed by atoms with Crippen LogP contribution in [0.25, 0.3) is 0 Å². The Bertz CT molecular complexity index is 50.5. The lowest BCUT2D eigenvalue weighted by Crippen LogP contribution is -1.95. The van der Waals surface area contributed by atoms with Gasteiger partial charge >= 0.3 is 0 Å². The Labute approximate surface area is 58.4 Å². The molecule has 0 N–H and O–H groups in total. The highest BCUT2D eigenvalue weighted by Gasteiger charge is 1.91. The van der Waals surface area contributed by atoms with Gasteiger partial charge in [0.05, 0.1) is 6.10 Å². The second kappa shape index (κ2) is 6.09. The van der Waals surface area contributed by atoms with Gasteiger partial charge in [0.15, 0.2) is 0 Å². The van der Waals surface area contributed by atoms with Crippen LogP contribution in [0.3, 0.4) is 0 Å². The molecule has 0 aliphatic carbocycles. The largest absolute Gasteiger partial charge is 0.373 e. The molecular formula is C8H17O. The second-order valence-electron chi connectivity index (χ2n) is 2.46. The van der Waals surface area contributed by atoms with Crippen LogP contribution < -0.4 is 0 Å². The van der Waals surface area contributed by atoms with E-state index in [0.29, 0.717) is 0 Å². The number of unbranched alkanes of at least 4 members (excludes halogenated alkanes) is 2. The maximum absolute atomic E-state index is 5.26. The molecule has 0 aliphatic rings. The quantitative estimate of drug-likeness (QED) is 0.519. The summed E-state index contributed by atoms with van der Waals surface area (Å²) in [6, 6.07) is 0. The van der Waals surface area contributed by atoms with Crippen molar-refractivity contribution >= 4 is 0 Å². The van der Waals surface area contributed by atoms with Crippen molar-refractivity contribution in [1.82, 2.24) is 0 Å². The van der Waals surface area contributed by atoms with Crippen molar-refractivity contribution in [2.75, 3.05) is 6.61 Å². The number of ether oxygens (including phenoxy) is 1. The van der Waals surface area contributed by atoms with Crippen LogP contribution in [-0.2, 0) is 4.74 Å². The summed E-state index contributed by atoms with van der Waals surface area (Å²) in [4.78, 5) is 0. The van der Waals surface area contributed by atoms with Gasteiger partial charge in [-0.05, 0) is 20.3 Å². The van der Waals surface area contributed by atoms with Crippen LogP contribution in [0.5, 0.6) is 0 Å². The van der Waals surface area contributed by atoms with Crippen LogP contribution in [0.2, 0.25) is 0 Å². The zero-order valence-corrected chi connectivity index (χ0v) is 6.74. The summed E-state index contributed by atoms with van der Waals surface area (Å²) in [6.45, 7) is 7.08. The second-order valence-corrected chi connectivity index (χ2v) is 2.46. The molecule has 0 aromatic carbocycles. The Morgan fingerprint density at radius 2 is 1.89 bits per heavy atom. The van der Waals surface area contributed by atoms with Gasteiger partial charge in [-0.25, -0.2) is 0 Å². The molecule has 0 saturated carbocycles. The van der Waals surface area contributed by atoms with Crippen molar-refractivity contribution in [3.05, 3.63) is 6.10 Å². The lowest BCUT2D eigenvalue weighted by atomic mass is 10.3. The maximum Gasteiger partial charge on any atom is 0.0909 e. The Morgan fingerprint density at radius 3 is 2.33 bits per heavy atom. The highest BCUT2D eigenvalue weighted by atomic mass is 16.5. The Hall–Kier alpha value is -0.0400. The number of hydrogen-bond acceptors (Lipinski definition) is 1. The van der Waals surface area contributed by atoms with Gasteiger partial charge in [0, 0.05) is 6.61 Å². The smallest absolute Gasteiger partial charge is 0.0909 e. The van der Waals surface area contributed by atoms with Gasteiger partial charge in [0.2, 0.25) is 0 Å². The maximum atomic E-state index is 5.26. The SMILES string of the molecule is CCCCCO[C](C)C. The number of rotatable bonds is 5. The molecule has 0 saturated heterocycles. The van der Waals surface area contributed by atoms with Crippen LogP contribution in [0.1, 0.15) is 40.0 Å². The molecule has 0 fully saturated rings. The summed E-state index contributed by atoms with van der Waals surface area (Å²) in [7, 11) is 0. The third-order valence-corrected chi connectivity index (χ3v) is 1.14. The minimum atomic E-state index is 0.899. The average molecular weight is 129 g/mol. The van der Waals surface area contributed by atoms with Crippen LogP contribution in [0.4, 0.5) is 0 Å². The normalized spacial score (nSPS) is 10.7. The fourth-order valence-corrected chi connectivity index (χ4v) is 0.628. The summed E-state index contributed by atoms with van der Waals surface area (Å²) in [5.74, 6) is 0. The average Bonchev–Trinajstić information content (AvgIpc) is 1.80. The van der Waals surface area contributed by atoms with Crippen molar-refractivity contribution in [3.63, 3.8) is 0 Å². The summed E-state index contributed by atoms with van der Waals surface area (Å²) in [5, 5.41) is 0. The monoisotopic (exact) mass is 129 g/mol.